The molecule has 9 heteroatoms. The largest absolute Gasteiger partial charge is 0.484 e. The zero-order chi connectivity index (χ0) is 23.2. The van der Waals surface area contributed by atoms with Crippen molar-refractivity contribution in [1.82, 2.24) is 5.32 Å². The summed E-state index contributed by atoms with van der Waals surface area (Å²) in [7, 11) is 0. The number of nitrogens with zero attached hydrogens (tertiary/aromatic N) is 1. The lowest BCUT2D eigenvalue weighted by Crippen LogP contribution is -2.37. The Kier molecular flexibility index (Phi) is 7.47. The van der Waals surface area contributed by atoms with Gasteiger partial charge >= 0.3 is 0 Å². The van der Waals surface area contributed by atoms with Crippen molar-refractivity contribution in [2.45, 2.75) is 25.4 Å². The van der Waals surface area contributed by atoms with Crippen LogP contribution in [0.1, 0.15) is 19.3 Å². The fourth-order valence-corrected chi connectivity index (χ4v) is 4.02. The van der Waals surface area contributed by atoms with Gasteiger partial charge in [-0.2, -0.15) is 0 Å². The first kappa shape index (κ1) is 23.1. The fraction of sp³-hybridized carbons (Fsp3) is 0.375. The molecular formula is C24H26ClN3O5. The highest BCUT2D eigenvalue weighted by Crippen LogP contribution is 2.27. The van der Waals surface area contributed by atoms with Crippen molar-refractivity contribution in [3.05, 3.63) is 53.6 Å². The molecule has 0 unspecified atom stereocenters. The molecular weight excluding hydrogens is 446 g/mol. The molecule has 2 aromatic carbocycles. The number of halogens is 1. The smallest absolute Gasteiger partial charge is 0.262 e. The van der Waals surface area contributed by atoms with E-state index in [1.54, 1.807) is 53.4 Å². The molecule has 174 valence electrons. The molecule has 2 saturated heterocycles. The fourth-order valence-electron chi connectivity index (χ4n) is 3.90. The average molecular weight is 472 g/mol. The molecule has 4 rings (SSSR count). The van der Waals surface area contributed by atoms with Crippen LogP contribution in [0.4, 0.5) is 11.4 Å². The quantitative estimate of drug-likeness (QED) is 0.617. The van der Waals surface area contributed by atoms with Gasteiger partial charge in [-0.25, -0.2) is 0 Å². The van der Waals surface area contributed by atoms with E-state index in [0.29, 0.717) is 35.2 Å². The molecule has 2 atom stereocenters. The van der Waals surface area contributed by atoms with Crippen LogP contribution in [0.2, 0.25) is 5.02 Å². The molecule has 2 aliphatic rings. The number of anilines is 2. The van der Waals surface area contributed by atoms with Gasteiger partial charge in [0, 0.05) is 42.5 Å². The van der Waals surface area contributed by atoms with Crippen LogP contribution in [0.25, 0.3) is 0 Å². The Morgan fingerprint density at radius 1 is 1.12 bits per heavy atom. The van der Waals surface area contributed by atoms with Crippen LogP contribution < -0.4 is 20.3 Å². The maximum atomic E-state index is 12.5. The third-order valence-corrected chi connectivity index (χ3v) is 5.92. The van der Waals surface area contributed by atoms with Crippen LogP contribution in [0.3, 0.4) is 0 Å². The minimum atomic E-state index is -0.383. The lowest BCUT2D eigenvalue weighted by molar-refractivity contribution is -0.126. The van der Waals surface area contributed by atoms with E-state index in [2.05, 4.69) is 10.6 Å². The molecule has 2 fully saturated rings. The summed E-state index contributed by atoms with van der Waals surface area (Å²) in [4.78, 5) is 38.6. The number of carbonyl (C=O) groups excluding carboxylic acids is 3. The summed E-state index contributed by atoms with van der Waals surface area (Å²) < 4.78 is 11.1. The van der Waals surface area contributed by atoms with Gasteiger partial charge in [-0.05, 0) is 61.4 Å². The number of benzene rings is 2. The first-order valence-electron chi connectivity index (χ1n) is 11.0. The maximum absolute atomic E-state index is 12.5. The highest BCUT2D eigenvalue weighted by molar-refractivity contribution is 6.30. The van der Waals surface area contributed by atoms with E-state index in [9.17, 15) is 14.4 Å². The lowest BCUT2D eigenvalue weighted by Gasteiger charge is -2.18. The Balaban J connectivity index is 1.25. The van der Waals surface area contributed by atoms with E-state index >= 15 is 0 Å². The third kappa shape index (κ3) is 6.24. The number of rotatable bonds is 8. The van der Waals surface area contributed by atoms with Crippen molar-refractivity contribution in [2.24, 2.45) is 5.92 Å². The van der Waals surface area contributed by atoms with Gasteiger partial charge in [0.2, 0.25) is 11.8 Å². The Bertz CT molecular complexity index is 990. The molecule has 2 heterocycles. The Labute approximate surface area is 197 Å². The summed E-state index contributed by atoms with van der Waals surface area (Å²) in [5.41, 5.74) is 1.32. The first-order chi connectivity index (χ1) is 16.0. The maximum Gasteiger partial charge on any atom is 0.262 e. The van der Waals surface area contributed by atoms with Crippen LogP contribution in [-0.4, -0.2) is 50.1 Å². The summed E-state index contributed by atoms with van der Waals surface area (Å²) in [5, 5.41) is 6.22. The molecule has 0 saturated carbocycles. The molecule has 2 aromatic rings. The predicted octanol–water partition coefficient (Wildman–Crippen LogP) is 3.01. The van der Waals surface area contributed by atoms with Crippen LogP contribution in [0, 0.1) is 5.92 Å². The molecule has 0 bridgehead atoms. The van der Waals surface area contributed by atoms with Crippen molar-refractivity contribution in [3.63, 3.8) is 0 Å². The van der Waals surface area contributed by atoms with Crippen molar-refractivity contribution in [1.29, 1.82) is 0 Å². The lowest BCUT2D eigenvalue weighted by atomic mass is 10.1. The number of hydrogen-bond acceptors (Lipinski definition) is 5. The second kappa shape index (κ2) is 10.7. The van der Waals surface area contributed by atoms with Gasteiger partial charge in [-0.15, -0.1) is 0 Å². The van der Waals surface area contributed by atoms with Crippen molar-refractivity contribution >= 4 is 40.7 Å². The van der Waals surface area contributed by atoms with Crippen molar-refractivity contribution in [2.75, 3.05) is 36.5 Å². The highest BCUT2D eigenvalue weighted by atomic mass is 35.5. The molecule has 0 aromatic heterocycles. The number of amides is 3. The summed E-state index contributed by atoms with van der Waals surface area (Å²) in [5.74, 6) is -0.391. The summed E-state index contributed by atoms with van der Waals surface area (Å²) in [6.07, 6.45) is 2.22. The molecule has 0 spiro atoms. The van der Waals surface area contributed by atoms with Gasteiger partial charge in [0.25, 0.3) is 5.91 Å². The highest BCUT2D eigenvalue weighted by Gasteiger charge is 2.35. The third-order valence-electron chi connectivity index (χ3n) is 5.67. The van der Waals surface area contributed by atoms with Crippen LogP contribution in [0.5, 0.6) is 5.75 Å². The second-order valence-corrected chi connectivity index (χ2v) is 8.56. The van der Waals surface area contributed by atoms with Crippen LogP contribution in [-0.2, 0) is 19.1 Å². The molecule has 33 heavy (non-hydrogen) atoms. The standard InChI is InChI=1S/C24H26ClN3O5/c25-17-3-5-18(6-4-17)27-22(29)15-33-20-9-7-19(8-10-20)28-14-16(12-23(28)30)24(31)26-13-21-2-1-11-32-21/h3-10,16,21H,1-2,11-15H2,(H,26,31)(H,27,29)/t16-,21+/m0/s1. The molecule has 0 aliphatic carbocycles. The molecule has 8 nitrogen and oxygen atoms in total. The SMILES string of the molecule is O=C(COc1ccc(N2C[C@@H](C(=O)NC[C@H]3CCCO3)CC2=O)cc1)Nc1ccc(Cl)cc1. The van der Waals surface area contributed by atoms with Gasteiger partial charge in [-0.1, -0.05) is 11.6 Å². The number of ether oxygens (including phenoxy) is 2. The minimum absolute atomic E-state index is 0.0722. The Morgan fingerprint density at radius 3 is 2.58 bits per heavy atom. The van der Waals surface area contributed by atoms with Crippen molar-refractivity contribution < 1.29 is 23.9 Å². The van der Waals surface area contributed by atoms with Crippen LogP contribution in [0.15, 0.2) is 48.5 Å². The Hall–Kier alpha value is -3.10. The molecule has 0 radical (unpaired) electrons. The number of hydrogen-bond donors (Lipinski definition) is 2. The van der Waals surface area contributed by atoms with Crippen molar-refractivity contribution in [3.8, 4) is 5.75 Å². The normalized spacial score (nSPS) is 20.0. The van der Waals surface area contributed by atoms with E-state index in [0.717, 1.165) is 19.4 Å². The predicted molar refractivity (Wildman–Crippen MR) is 124 cm³/mol. The first-order valence-corrected chi connectivity index (χ1v) is 11.3. The monoisotopic (exact) mass is 471 g/mol. The minimum Gasteiger partial charge on any atom is -0.484 e. The molecule has 2 N–H and O–H groups in total. The van der Waals surface area contributed by atoms with E-state index in [1.165, 1.54) is 0 Å². The van der Waals surface area contributed by atoms with Crippen LogP contribution >= 0.6 is 11.6 Å². The van der Waals surface area contributed by atoms with E-state index < -0.39 is 0 Å². The zero-order valence-corrected chi connectivity index (χ0v) is 18.8. The summed E-state index contributed by atoms with van der Waals surface area (Å²) in [6, 6.07) is 13.7. The zero-order valence-electron chi connectivity index (χ0n) is 18.1. The van der Waals surface area contributed by atoms with E-state index in [1.807, 2.05) is 0 Å². The second-order valence-electron chi connectivity index (χ2n) is 8.12. The van der Waals surface area contributed by atoms with Gasteiger partial charge in [0.1, 0.15) is 5.75 Å². The Morgan fingerprint density at radius 2 is 1.88 bits per heavy atom. The average Bonchev–Trinajstić information content (AvgIpc) is 3.48. The molecule has 3 amide bonds. The van der Waals surface area contributed by atoms with Gasteiger partial charge < -0.3 is 25.0 Å². The van der Waals surface area contributed by atoms with Gasteiger partial charge in [0.05, 0.1) is 12.0 Å². The van der Waals surface area contributed by atoms with E-state index in [4.69, 9.17) is 21.1 Å². The number of nitrogens with one attached hydrogen (secondary N) is 2. The summed E-state index contributed by atoms with van der Waals surface area (Å²) >= 11 is 5.83. The van der Waals surface area contributed by atoms with Gasteiger partial charge in [-0.3, -0.25) is 14.4 Å². The number of carbonyl (C=O) groups is 3. The summed E-state index contributed by atoms with van der Waals surface area (Å²) in [6.45, 7) is 1.40. The van der Waals surface area contributed by atoms with Gasteiger partial charge in [0.15, 0.2) is 6.61 Å². The van der Waals surface area contributed by atoms with E-state index in [-0.39, 0.29) is 42.8 Å². The topological polar surface area (TPSA) is 97.0 Å². The molecule has 2 aliphatic heterocycles.